The van der Waals surface area contributed by atoms with Crippen molar-refractivity contribution in [3.8, 4) is 0 Å². The molecule has 29 heavy (non-hydrogen) atoms. The molecule has 0 radical (unpaired) electrons. The topological polar surface area (TPSA) is 62.5 Å². The highest BCUT2D eigenvalue weighted by Crippen LogP contribution is 2.32. The van der Waals surface area contributed by atoms with Crippen molar-refractivity contribution in [3.63, 3.8) is 0 Å². The molecule has 1 aliphatic carbocycles. The fraction of sp³-hybridized carbons (Fsp3) is 0.429. The third-order valence-electron chi connectivity index (χ3n) is 5.55. The Bertz CT molecular complexity index is 968. The van der Waals surface area contributed by atoms with Crippen LogP contribution < -0.4 is 5.32 Å². The van der Waals surface area contributed by atoms with Gasteiger partial charge < -0.3 is 10.4 Å². The highest BCUT2D eigenvalue weighted by Gasteiger charge is 2.30. The zero-order valence-electron chi connectivity index (χ0n) is 15.9. The average molecular weight is 404 g/mol. The summed E-state index contributed by atoms with van der Waals surface area (Å²) in [6, 6.07) is 10.6. The summed E-state index contributed by atoms with van der Waals surface area (Å²) in [7, 11) is 0. The van der Waals surface area contributed by atoms with Crippen LogP contribution in [0.4, 0.5) is 24.8 Å². The van der Waals surface area contributed by atoms with Gasteiger partial charge >= 0.3 is 6.18 Å². The van der Waals surface area contributed by atoms with Crippen molar-refractivity contribution in [1.82, 2.24) is 14.6 Å². The molecule has 0 spiro atoms. The lowest BCUT2D eigenvalue weighted by Crippen LogP contribution is -2.20. The van der Waals surface area contributed by atoms with Gasteiger partial charge in [0.1, 0.15) is 0 Å². The number of fused-ring (bicyclic) bond motifs is 1. The van der Waals surface area contributed by atoms with E-state index < -0.39 is 11.7 Å². The summed E-state index contributed by atoms with van der Waals surface area (Å²) in [4.78, 5) is 4.44. The van der Waals surface area contributed by atoms with E-state index in [-0.39, 0.29) is 6.61 Å². The van der Waals surface area contributed by atoms with Crippen LogP contribution in [0, 0.1) is 11.8 Å². The maximum absolute atomic E-state index is 12.7. The summed E-state index contributed by atoms with van der Waals surface area (Å²) in [5.41, 5.74) is 1.53. The minimum atomic E-state index is -4.36. The molecule has 0 bridgehead atoms. The van der Waals surface area contributed by atoms with Crippen molar-refractivity contribution >= 4 is 17.3 Å². The molecule has 2 N–H and O–H groups in total. The summed E-state index contributed by atoms with van der Waals surface area (Å²) in [5.74, 6) is 1.22. The molecular formula is C21H23F3N4O. The van der Waals surface area contributed by atoms with Crippen molar-refractivity contribution < 1.29 is 18.3 Å². The Balaban J connectivity index is 1.51. The second-order valence-corrected chi connectivity index (χ2v) is 7.71. The number of hydrogen-bond acceptors (Lipinski definition) is 4. The first-order valence-electron chi connectivity index (χ1n) is 9.82. The molecule has 1 saturated carbocycles. The van der Waals surface area contributed by atoms with E-state index in [0.717, 1.165) is 49.9 Å². The summed E-state index contributed by atoms with van der Waals surface area (Å²) in [6.45, 7) is 0.241. The van der Waals surface area contributed by atoms with Crippen molar-refractivity contribution in [1.29, 1.82) is 0 Å². The molecule has 2 heterocycles. The Morgan fingerprint density at radius 2 is 1.83 bits per heavy atom. The van der Waals surface area contributed by atoms with Crippen LogP contribution in [-0.4, -0.2) is 26.3 Å². The van der Waals surface area contributed by atoms with E-state index in [1.807, 2.05) is 18.2 Å². The number of aromatic nitrogens is 3. The number of rotatable bonds is 5. The number of halogens is 3. The third kappa shape index (κ3) is 4.53. The number of aliphatic hydroxyl groups is 1. The lowest BCUT2D eigenvalue weighted by molar-refractivity contribution is -0.137. The minimum Gasteiger partial charge on any atom is -0.396 e. The SMILES string of the molecule is OCC1CCCC(Cc2cccc3nc(Nc4ccc(C(F)(F)F)cc4)nn23)C1. The Morgan fingerprint density at radius 1 is 1.07 bits per heavy atom. The molecule has 0 aliphatic heterocycles. The second-order valence-electron chi connectivity index (χ2n) is 7.71. The van der Waals surface area contributed by atoms with Gasteiger partial charge in [-0.1, -0.05) is 18.9 Å². The van der Waals surface area contributed by atoms with Gasteiger partial charge in [-0.3, -0.25) is 0 Å². The van der Waals surface area contributed by atoms with E-state index in [1.165, 1.54) is 12.1 Å². The summed E-state index contributed by atoms with van der Waals surface area (Å²) < 4.78 is 39.9. The number of benzene rings is 1. The van der Waals surface area contributed by atoms with Crippen LogP contribution in [0.1, 0.15) is 36.9 Å². The Labute approximate surface area is 166 Å². The maximum Gasteiger partial charge on any atom is 0.416 e. The second kappa shape index (κ2) is 8.02. The first-order chi connectivity index (χ1) is 13.9. The van der Waals surface area contributed by atoms with Crippen molar-refractivity contribution in [3.05, 3.63) is 53.7 Å². The smallest absolute Gasteiger partial charge is 0.396 e. The largest absolute Gasteiger partial charge is 0.416 e. The number of anilines is 2. The quantitative estimate of drug-likeness (QED) is 0.639. The minimum absolute atomic E-state index is 0.241. The summed E-state index contributed by atoms with van der Waals surface area (Å²) in [6.07, 6.45) is 0.863. The Hall–Kier alpha value is -2.61. The van der Waals surface area contributed by atoms with E-state index in [0.29, 0.717) is 29.1 Å². The fourth-order valence-corrected chi connectivity index (χ4v) is 4.09. The molecule has 2 unspecified atom stereocenters. The zero-order valence-corrected chi connectivity index (χ0v) is 15.9. The lowest BCUT2D eigenvalue weighted by atomic mass is 9.79. The van der Waals surface area contributed by atoms with Gasteiger partial charge in [0.25, 0.3) is 0 Å². The van der Waals surface area contributed by atoms with Crippen LogP contribution >= 0.6 is 0 Å². The first kappa shape index (κ1) is 19.7. The third-order valence-corrected chi connectivity index (χ3v) is 5.55. The van der Waals surface area contributed by atoms with Crippen molar-refractivity contribution in [2.24, 2.45) is 11.8 Å². The fourth-order valence-electron chi connectivity index (χ4n) is 4.09. The lowest BCUT2D eigenvalue weighted by Gasteiger charge is -2.27. The molecule has 154 valence electrons. The predicted molar refractivity (Wildman–Crippen MR) is 104 cm³/mol. The number of aliphatic hydroxyl groups excluding tert-OH is 1. The van der Waals surface area contributed by atoms with E-state index >= 15 is 0 Å². The molecule has 1 fully saturated rings. The van der Waals surface area contributed by atoms with E-state index in [1.54, 1.807) is 4.52 Å². The number of hydrogen-bond donors (Lipinski definition) is 2. The number of nitrogens with one attached hydrogen (secondary N) is 1. The molecule has 2 atom stereocenters. The van der Waals surface area contributed by atoms with Gasteiger partial charge in [-0.25, -0.2) is 4.52 Å². The number of pyridine rings is 1. The van der Waals surface area contributed by atoms with E-state index in [2.05, 4.69) is 15.4 Å². The highest BCUT2D eigenvalue weighted by molar-refractivity contribution is 5.56. The molecule has 1 aromatic carbocycles. The normalized spacial score (nSPS) is 20.1. The Morgan fingerprint density at radius 3 is 2.55 bits per heavy atom. The molecule has 4 rings (SSSR count). The van der Waals surface area contributed by atoms with Gasteiger partial charge in [-0.2, -0.15) is 18.2 Å². The Kier molecular flexibility index (Phi) is 5.45. The van der Waals surface area contributed by atoms with Crippen LogP contribution in [0.5, 0.6) is 0 Å². The molecule has 2 aromatic heterocycles. The summed E-state index contributed by atoms with van der Waals surface area (Å²) >= 11 is 0. The first-order valence-corrected chi connectivity index (χ1v) is 9.82. The monoisotopic (exact) mass is 404 g/mol. The molecule has 1 aliphatic rings. The molecule has 0 amide bonds. The average Bonchev–Trinajstić information content (AvgIpc) is 3.11. The van der Waals surface area contributed by atoms with Crippen LogP contribution in [-0.2, 0) is 12.6 Å². The number of nitrogens with zero attached hydrogens (tertiary/aromatic N) is 3. The number of alkyl halides is 3. The molecule has 8 heteroatoms. The standard InChI is InChI=1S/C21H23F3N4O/c22-21(23,24)16-7-9-17(10-8-16)25-20-26-19-6-2-5-18(28(19)27-20)12-14-3-1-4-15(11-14)13-29/h2,5-10,14-15,29H,1,3-4,11-13H2,(H,25,27). The van der Waals surface area contributed by atoms with Crippen LogP contribution in [0.2, 0.25) is 0 Å². The van der Waals surface area contributed by atoms with E-state index in [9.17, 15) is 18.3 Å². The van der Waals surface area contributed by atoms with Crippen LogP contribution in [0.15, 0.2) is 42.5 Å². The van der Waals surface area contributed by atoms with Crippen LogP contribution in [0.3, 0.4) is 0 Å². The van der Waals surface area contributed by atoms with Gasteiger partial charge in [0.05, 0.1) is 5.56 Å². The molecule has 0 saturated heterocycles. The zero-order chi connectivity index (χ0) is 20.4. The van der Waals surface area contributed by atoms with E-state index in [4.69, 9.17) is 0 Å². The van der Waals surface area contributed by atoms with Gasteiger partial charge in [-0.05, 0) is 67.5 Å². The van der Waals surface area contributed by atoms with Crippen LogP contribution in [0.25, 0.3) is 5.65 Å². The molecular weight excluding hydrogens is 381 g/mol. The van der Waals surface area contributed by atoms with Gasteiger partial charge in [0.15, 0.2) is 5.65 Å². The van der Waals surface area contributed by atoms with Gasteiger partial charge in [0, 0.05) is 18.0 Å². The maximum atomic E-state index is 12.7. The van der Waals surface area contributed by atoms with Crippen molar-refractivity contribution in [2.75, 3.05) is 11.9 Å². The van der Waals surface area contributed by atoms with Gasteiger partial charge in [-0.15, -0.1) is 5.10 Å². The van der Waals surface area contributed by atoms with Gasteiger partial charge in [0.2, 0.25) is 5.95 Å². The highest BCUT2D eigenvalue weighted by atomic mass is 19.4. The van der Waals surface area contributed by atoms with Crippen molar-refractivity contribution in [2.45, 2.75) is 38.3 Å². The molecule has 3 aromatic rings. The molecule has 5 nitrogen and oxygen atoms in total. The summed E-state index contributed by atoms with van der Waals surface area (Å²) in [5, 5.41) is 16.9. The predicted octanol–water partition coefficient (Wildman–Crippen LogP) is 4.83.